The van der Waals surface area contributed by atoms with Crippen molar-refractivity contribution in [1.82, 2.24) is 10.3 Å². The standard InChI is InChI=1S/C13H11N2O/c1-14-13(16)11-7-8-15-9-12(11)10-5-3-2-4-6-10/h2-8H,1H3,(H,14,16). The Morgan fingerprint density at radius 2 is 2.00 bits per heavy atom. The summed E-state index contributed by atoms with van der Waals surface area (Å²) < 4.78 is 0. The van der Waals surface area contributed by atoms with Gasteiger partial charge in [0, 0.05) is 18.8 Å². The molecule has 0 saturated heterocycles. The number of hydrogen-bond acceptors (Lipinski definition) is 2. The monoisotopic (exact) mass is 211 g/mol. The van der Waals surface area contributed by atoms with Crippen LogP contribution in [0.3, 0.4) is 0 Å². The van der Waals surface area contributed by atoms with Crippen molar-refractivity contribution in [3.05, 3.63) is 54.4 Å². The van der Waals surface area contributed by atoms with E-state index >= 15 is 0 Å². The van der Waals surface area contributed by atoms with Crippen molar-refractivity contribution in [2.75, 3.05) is 7.05 Å². The average molecular weight is 211 g/mol. The number of nitrogens with zero attached hydrogens (tertiary/aromatic N) is 1. The van der Waals surface area contributed by atoms with E-state index in [4.69, 9.17) is 0 Å². The van der Waals surface area contributed by atoms with Gasteiger partial charge in [0.25, 0.3) is 5.91 Å². The fraction of sp³-hybridized carbons (Fsp3) is 0.0769. The van der Waals surface area contributed by atoms with Gasteiger partial charge in [0.2, 0.25) is 0 Å². The van der Waals surface area contributed by atoms with E-state index in [-0.39, 0.29) is 5.91 Å². The molecule has 0 aliphatic carbocycles. The molecule has 79 valence electrons. The molecule has 0 aliphatic heterocycles. The quantitative estimate of drug-likeness (QED) is 0.824. The Balaban J connectivity index is 2.53. The molecule has 1 amide bonds. The summed E-state index contributed by atoms with van der Waals surface area (Å²) in [7, 11) is 1.61. The van der Waals surface area contributed by atoms with E-state index in [1.807, 2.05) is 30.3 Å². The molecule has 1 aromatic carbocycles. The van der Waals surface area contributed by atoms with Crippen molar-refractivity contribution in [2.45, 2.75) is 0 Å². The van der Waals surface area contributed by atoms with E-state index in [2.05, 4.69) is 16.5 Å². The number of carbonyl (C=O) groups is 1. The Bertz CT molecular complexity index is 494. The highest BCUT2D eigenvalue weighted by Crippen LogP contribution is 2.21. The highest BCUT2D eigenvalue weighted by atomic mass is 16.1. The van der Waals surface area contributed by atoms with Gasteiger partial charge in [-0.25, -0.2) is 0 Å². The van der Waals surface area contributed by atoms with Gasteiger partial charge in [0.15, 0.2) is 0 Å². The lowest BCUT2D eigenvalue weighted by atomic mass is 10.0. The number of nitrogens with one attached hydrogen (secondary N) is 1. The lowest BCUT2D eigenvalue weighted by Crippen LogP contribution is -2.18. The summed E-state index contributed by atoms with van der Waals surface area (Å²) >= 11 is 0. The van der Waals surface area contributed by atoms with Gasteiger partial charge in [-0.3, -0.25) is 9.78 Å². The molecule has 3 heteroatoms. The molecule has 2 aromatic rings. The molecule has 1 N–H and O–H groups in total. The molecule has 0 atom stereocenters. The molecule has 0 fully saturated rings. The first-order valence-corrected chi connectivity index (χ1v) is 4.97. The molecule has 0 aliphatic rings. The first-order valence-electron chi connectivity index (χ1n) is 4.97. The van der Waals surface area contributed by atoms with Crippen molar-refractivity contribution in [3.8, 4) is 11.1 Å². The molecule has 1 heterocycles. The van der Waals surface area contributed by atoms with Crippen LogP contribution in [0.4, 0.5) is 0 Å². The van der Waals surface area contributed by atoms with E-state index in [0.29, 0.717) is 5.56 Å². The number of benzene rings is 1. The minimum atomic E-state index is -0.127. The van der Waals surface area contributed by atoms with Crippen LogP contribution in [0, 0.1) is 6.20 Å². The van der Waals surface area contributed by atoms with E-state index in [1.165, 1.54) is 0 Å². The average Bonchev–Trinajstić information content (AvgIpc) is 2.39. The van der Waals surface area contributed by atoms with Gasteiger partial charge < -0.3 is 5.32 Å². The van der Waals surface area contributed by atoms with Gasteiger partial charge in [-0.2, -0.15) is 0 Å². The topological polar surface area (TPSA) is 42.0 Å². The van der Waals surface area contributed by atoms with Crippen LogP contribution in [0.2, 0.25) is 0 Å². The van der Waals surface area contributed by atoms with Crippen molar-refractivity contribution in [1.29, 1.82) is 0 Å². The molecule has 0 bridgehead atoms. The minimum Gasteiger partial charge on any atom is -0.355 e. The summed E-state index contributed by atoms with van der Waals surface area (Å²) in [5.41, 5.74) is 2.25. The normalized spacial score (nSPS) is 9.81. The number of carbonyl (C=O) groups excluding carboxylic acids is 1. The maximum absolute atomic E-state index is 11.6. The fourth-order valence-corrected chi connectivity index (χ4v) is 1.51. The Kier molecular flexibility index (Phi) is 2.96. The minimum absolute atomic E-state index is 0.127. The van der Waals surface area contributed by atoms with E-state index < -0.39 is 0 Å². The van der Waals surface area contributed by atoms with Gasteiger partial charge in [-0.15, -0.1) is 0 Å². The predicted octanol–water partition coefficient (Wildman–Crippen LogP) is 1.91. The van der Waals surface area contributed by atoms with Crippen LogP contribution in [0.1, 0.15) is 10.4 Å². The van der Waals surface area contributed by atoms with Crippen LogP contribution in [0.25, 0.3) is 11.1 Å². The highest BCUT2D eigenvalue weighted by Gasteiger charge is 2.10. The van der Waals surface area contributed by atoms with Gasteiger partial charge in [0.1, 0.15) is 0 Å². The van der Waals surface area contributed by atoms with E-state index in [1.54, 1.807) is 19.3 Å². The zero-order valence-electron chi connectivity index (χ0n) is 8.90. The Morgan fingerprint density at radius 1 is 1.25 bits per heavy atom. The third-order valence-electron chi connectivity index (χ3n) is 2.30. The molecule has 0 saturated carbocycles. The predicted molar refractivity (Wildman–Crippen MR) is 61.9 cm³/mol. The second-order valence-electron chi connectivity index (χ2n) is 3.29. The zero-order chi connectivity index (χ0) is 11.4. The third kappa shape index (κ3) is 1.93. The van der Waals surface area contributed by atoms with Crippen LogP contribution in [0.15, 0.2) is 42.6 Å². The summed E-state index contributed by atoms with van der Waals surface area (Å²) in [6.45, 7) is 0. The maximum Gasteiger partial charge on any atom is 0.251 e. The molecule has 1 radical (unpaired) electrons. The van der Waals surface area contributed by atoms with Gasteiger partial charge in [0.05, 0.1) is 11.8 Å². The molecule has 2 rings (SSSR count). The third-order valence-corrected chi connectivity index (χ3v) is 2.30. The summed E-state index contributed by atoms with van der Waals surface area (Å²) in [5.74, 6) is -0.127. The first-order chi connectivity index (χ1) is 7.83. The number of pyridine rings is 1. The van der Waals surface area contributed by atoms with E-state index in [9.17, 15) is 4.79 Å². The summed E-state index contributed by atoms with van der Waals surface area (Å²) in [6, 6.07) is 11.3. The summed E-state index contributed by atoms with van der Waals surface area (Å²) in [6.07, 6.45) is 4.42. The SMILES string of the molecule is CNC(=O)c1ccn[c]c1-c1ccccc1. The lowest BCUT2D eigenvalue weighted by molar-refractivity contribution is 0.0963. The van der Waals surface area contributed by atoms with Gasteiger partial charge >= 0.3 is 0 Å². The molecule has 0 unspecified atom stereocenters. The smallest absolute Gasteiger partial charge is 0.251 e. The summed E-state index contributed by atoms with van der Waals surface area (Å²) in [5, 5.41) is 2.60. The van der Waals surface area contributed by atoms with Gasteiger partial charge in [-0.1, -0.05) is 30.3 Å². The van der Waals surface area contributed by atoms with Crippen molar-refractivity contribution in [2.24, 2.45) is 0 Å². The number of amides is 1. The van der Waals surface area contributed by atoms with Crippen molar-refractivity contribution in [3.63, 3.8) is 0 Å². The fourth-order valence-electron chi connectivity index (χ4n) is 1.51. The Morgan fingerprint density at radius 3 is 2.69 bits per heavy atom. The van der Waals surface area contributed by atoms with Crippen molar-refractivity contribution < 1.29 is 4.79 Å². The number of hydrogen-bond donors (Lipinski definition) is 1. The highest BCUT2D eigenvalue weighted by molar-refractivity contribution is 6.00. The number of rotatable bonds is 2. The summed E-state index contributed by atoms with van der Waals surface area (Å²) in [4.78, 5) is 15.6. The molecule has 1 aromatic heterocycles. The molecule has 0 spiro atoms. The van der Waals surface area contributed by atoms with Gasteiger partial charge in [-0.05, 0) is 11.6 Å². The first kappa shape index (κ1) is 10.4. The zero-order valence-corrected chi connectivity index (χ0v) is 8.90. The van der Waals surface area contributed by atoms with Crippen LogP contribution in [-0.4, -0.2) is 17.9 Å². The maximum atomic E-state index is 11.6. The second kappa shape index (κ2) is 4.57. The van der Waals surface area contributed by atoms with Crippen LogP contribution >= 0.6 is 0 Å². The van der Waals surface area contributed by atoms with Crippen LogP contribution in [-0.2, 0) is 0 Å². The Hall–Kier alpha value is -2.16. The lowest BCUT2D eigenvalue weighted by Gasteiger charge is -2.06. The molecule has 16 heavy (non-hydrogen) atoms. The van der Waals surface area contributed by atoms with Crippen molar-refractivity contribution >= 4 is 5.91 Å². The molecular weight excluding hydrogens is 200 g/mol. The van der Waals surface area contributed by atoms with E-state index in [0.717, 1.165) is 11.1 Å². The second-order valence-corrected chi connectivity index (χ2v) is 3.29. The molecular formula is C13H11N2O. The van der Waals surface area contributed by atoms with Crippen LogP contribution < -0.4 is 5.32 Å². The van der Waals surface area contributed by atoms with Crippen LogP contribution in [0.5, 0.6) is 0 Å². The largest absolute Gasteiger partial charge is 0.355 e. The molecule has 3 nitrogen and oxygen atoms in total. The number of aromatic nitrogens is 1. The Labute approximate surface area is 94.1 Å².